The number of hydrogen-bond acceptors (Lipinski definition) is 8. The Labute approximate surface area is 186 Å². The molecule has 0 heterocycles. The van der Waals surface area contributed by atoms with Crippen LogP contribution in [0.3, 0.4) is 0 Å². The minimum Gasteiger partial charge on any atom is -0.460 e. The molecule has 2 atom stereocenters. The third kappa shape index (κ3) is 16.5. The van der Waals surface area contributed by atoms with E-state index in [2.05, 4.69) is 26.6 Å². The van der Waals surface area contributed by atoms with Gasteiger partial charge in [-0.3, -0.25) is 14.4 Å². The molecular weight excluding hydrogens is 464 g/mol. The second-order valence-electron chi connectivity index (χ2n) is 6.35. The van der Waals surface area contributed by atoms with Gasteiger partial charge in [-0.05, 0) is 19.3 Å². The molecule has 0 saturated carbocycles. The van der Waals surface area contributed by atoms with Crippen molar-refractivity contribution in [1.82, 2.24) is 10.6 Å². The molecule has 0 aromatic rings. The highest BCUT2D eigenvalue weighted by Gasteiger charge is 2.17. The predicted molar refractivity (Wildman–Crippen MR) is 113 cm³/mol. The van der Waals surface area contributed by atoms with E-state index in [0.29, 0.717) is 39.1 Å². The summed E-state index contributed by atoms with van der Waals surface area (Å²) in [5.41, 5.74) is 0. The van der Waals surface area contributed by atoms with Gasteiger partial charge in [0.1, 0.15) is 6.61 Å². The van der Waals surface area contributed by atoms with Crippen LogP contribution in [0.4, 0.5) is 0 Å². The van der Waals surface area contributed by atoms with E-state index in [4.69, 9.17) is 24.1 Å². The molecule has 0 aromatic heterocycles. The third-order valence-corrected chi connectivity index (χ3v) is 4.41. The SMILES string of the molecule is CCC(CO)OC(COC(=O)CCC(=O)NCCCOCCCNC(=O)CBr)OC. The second kappa shape index (κ2) is 19.7. The van der Waals surface area contributed by atoms with Crippen LogP contribution in [0.1, 0.15) is 39.0 Å². The topological polar surface area (TPSA) is 132 Å². The van der Waals surface area contributed by atoms with Gasteiger partial charge in [-0.15, -0.1) is 0 Å². The molecule has 3 N–H and O–H groups in total. The number of rotatable bonds is 19. The van der Waals surface area contributed by atoms with E-state index in [-0.39, 0.29) is 49.3 Å². The zero-order chi connectivity index (χ0) is 22.6. The second-order valence-corrected chi connectivity index (χ2v) is 6.91. The van der Waals surface area contributed by atoms with Crippen LogP contribution in [0.5, 0.6) is 0 Å². The van der Waals surface area contributed by atoms with Crippen molar-refractivity contribution >= 4 is 33.7 Å². The van der Waals surface area contributed by atoms with Crippen LogP contribution in [-0.4, -0.2) is 87.2 Å². The van der Waals surface area contributed by atoms with E-state index in [1.807, 2.05) is 6.92 Å². The average molecular weight is 499 g/mol. The maximum atomic E-state index is 11.8. The highest BCUT2D eigenvalue weighted by molar-refractivity contribution is 9.09. The maximum Gasteiger partial charge on any atom is 0.306 e. The van der Waals surface area contributed by atoms with Crippen molar-refractivity contribution in [1.29, 1.82) is 0 Å². The minimum atomic E-state index is -0.763. The van der Waals surface area contributed by atoms with Crippen molar-refractivity contribution in [3.05, 3.63) is 0 Å². The van der Waals surface area contributed by atoms with Gasteiger partial charge in [0.15, 0.2) is 6.29 Å². The molecule has 0 saturated heterocycles. The Balaban J connectivity index is 3.67. The summed E-state index contributed by atoms with van der Waals surface area (Å²) in [5.74, 6) is -0.821. The number of carbonyl (C=O) groups is 3. The van der Waals surface area contributed by atoms with Crippen LogP contribution < -0.4 is 10.6 Å². The first-order chi connectivity index (χ1) is 14.5. The molecular formula is C19H35BrN2O8. The van der Waals surface area contributed by atoms with E-state index in [0.717, 1.165) is 6.42 Å². The molecule has 0 radical (unpaired) electrons. The van der Waals surface area contributed by atoms with Gasteiger partial charge in [0.2, 0.25) is 11.8 Å². The molecule has 0 fully saturated rings. The number of aliphatic hydroxyl groups excluding tert-OH is 1. The minimum absolute atomic E-state index is 0.0275. The van der Waals surface area contributed by atoms with E-state index < -0.39 is 12.3 Å². The summed E-state index contributed by atoms with van der Waals surface area (Å²) >= 11 is 3.06. The highest BCUT2D eigenvalue weighted by atomic mass is 79.9. The Bertz CT molecular complexity index is 477. The Hall–Kier alpha value is -1.27. The molecule has 2 unspecified atom stereocenters. The molecule has 10 nitrogen and oxygen atoms in total. The van der Waals surface area contributed by atoms with E-state index in [1.54, 1.807) is 0 Å². The van der Waals surface area contributed by atoms with Gasteiger partial charge in [-0.2, -0.15) is 0 Å². The molecule has 0 aliphatic carbocycles. The molecule has 2 amide bonds. The first-order valence-electron chi connectivity index (χ1n) is 10.1. The molecule has 11 heteroatoms. The van der Waals surface area contributed by atoms with E-state index >= 15 is 0 Å². The van der Waals surface area contributed by atoms with Crippen molar-refractivity contribution < 1.29 is 38.4 Å². The van der Waals surface area contributed by atoms with Gasteiger partial charge in [0, 0.05) is 39.8 Å². The lowest BCUT2D eigenvalue weighted by molar-refractivity contribution is -0.194. The Morgan fingerprint density at radius 3 is 2.20 bits per heavy atom. The van der Waals surface area contributed by atoms with Gasteiger partial charge in [-0.25, -0.2) is 0 Å². The number of methoxy groups -OCH3 is 1. The number of amides is 2. The van der Waals surface area contributed by atoms with Crippen molar-refractivity contribution in [2.75, 3.05) is 52.0 Å². The fourth-order valence-corrected chi connectivity index (χ4v) is 2.33. The number of hydrogen-bond donors (Lipinski definition) is 3. The lowest BCUT2D eigenvalue weighted by Gasteiger charge is -2.21. The molecule has 30 heavy (non-hydrogen) atoms. The number of esters is 1. The van der Waals surface area contributed by atoms with Crippen LogP contribution in [0.2, 0.25) is 0 Å². The molecule has 0 aliphatic rings. The first-order valence-corrected chi connectivity index (χ1v) is 11.2. The van der Waals surface area contributed by atoms with Crippen LogP contribution in [0, 0.1) is 0 Å². The quantitative estimate of drug-likeness (QED) is 0.101. The third-order valence-electron chi connectivity index (χ3n) is 3.90. The van der Waals surface area contributed by atoms with Crippen LogP contribution >= 0.6 is 15.9 Å². The van der Waals surface area contributed by atoms with Gasteiger partial charge < -0.3 is 34.7 Å². The average Bonchev–Trinajstić information content (AvgIpc) is 2.76. The largest absolute Gasteiger partial charge is 0.460 e. The van der Waals surface area contributed by atoms with E-state index in [1.165, 1.54) is 7.11 Å². The van der Waals surface area contributed by atoms with Gasteiger partial charge in [0.05, 0.1) is 24.5 Å². The molecule has 0 aromatic carbocycles. The van der Waals surface area contributed by atoms with Crippen molar-refractivity contribution in [2.45, 2.75) is 51.4 Å². The molecule has 176 valence electrons. The number of aliphatic hydroxyl groups is 1. The van der Waals surface area contributed by atoms with Gasteiger partial charge in [0.25, 0.3) is 0 Å². The van der Waals surface area contributed by atoms with Crippen molar-refractivity contribution in [2.24, 2.45) is 0 Å². The van der Waals surface area contributed by atoms with Crippen LogP contribution in [-0.2, 0) is 33.3 Å². The first kappa shape index (κ1) is 28.7. The van der Waals surface area contributed by atoms with Crippen LogP contribution in [0.25, 0.3) is 0 Å². The zero-order valence-corrected chi connectivity index (χ0v) is 19.4. The number of nitrogens with one attached hydrogen (secondary N) is 2. The number of halogens is 1. The smallest absolute Gasteiger partial charge is 0.306 e. The summed E-state index contributed by atoms with van der Waals surface area (Å²) in [6.45, 7) is 3.65. The van der Waals surface area contributed by atoms with Gasteiger partial charge in [-0.1, -0.05) is 22.9 Å². The lowest BCUT2D eigenvalue weighted by Crippen LogP contribution is -2.31. The summed E-state index contributed by atoms with van der Waals surface area (Å²) in [6, 6.07) is 0. The lowest BCUT2D eigenvalue weighted by atomic mass is 10.3. The van der Waals surface area contributed by atoms with Crippen LogP contribution in [0.15, 0.2) is 0 Å². The normalized spacial score (nSPS) is 12.8. The Morgan fingerprint density at radius 1 is 1.03 bits per heavy atom. The Morgan fingerprint density at radius 2 is 1.67 bits per heavy atom. The summed E-state index contributed by atoms with van der Waals surface area (Å²) < 4.78 is 21.0. The van der Waals surface area contributed by atoms with Gasteiger partial charge >= 0.3 is 5.97 Å². The summed E-state index contributed by atoms with van der Waals surface area (Å²) in [5, 5.41) is 14.8. The summed E-state index contributed by atoms with van der Waals surface area (Å²) in [6.07, 6.45) is 0.812. The fourth-order valence-electron chi connectivity index (χ4n) is 2.14. The maximum absolute atomic E-state index is 11.8. The number of carbonyl (C=O) groups excluding carboxylic acids is 3. The monoisotopic (exact) mass is 498 g/mol. The standard InChI is InChI=1S/C19H35BrN2O8/c1-3-15(13-23)30-19(27-2)14-29-18(26)7-6-16(24)21-8-4-10-28-11-5-9-22-17(25)12-20/h15,19,23H,3-14H2,1-2H3,(H,21,24)(H,22,25). The van der Waals surface area contributed by atoms with Crippen molar-refractivity contribution in [3.63, 3.8) is 0 Å². The fraction of sp³-hybridized carbons (Fsp3) is 0.842. The molecule has 0 bridgehead atoms. The summed E-state index contributed by atoms with van der Waals surface area (Å²) in [7, 11) is 1.42. The highest BCUT2D eigenvalue weighted by Crippen LogP contribution is 2.05. The van der Waals surface area contributed by atoms with Crippen molar-refractivity contribution in [3.8, 4) is 0 Å². The van der Waals surface area contributed by atoms with E-state index in [9.17, 15) is 14.4 Å². The zero-order valence-electron chi connectivity index (χ0n) is 17.8. The number of ether oxygens (including phenoxy) is 4. The molecule has 0 aliphatic heterocycles. The predicted octanol–water partition coefficient (Wildman–Crippen LogP) is 0.494. The Kier molecular flexibility index (Phi) is 18.8. The molecule has 0 rings (SSSR count). The summed E-state index contributed by atoms with van der Waals surface area (Å²) in [4.78, 5) is 34.5. The number of alkyl halides is 1. The molecule has 0 spiro atoms.